The number of nitrogens with one attached hydrogen (secondary N) is 1. The molecule has 1 aromatic heterocycles. The Morgan fingerprint density at radius 2 is 2.32 bits per heavy atom. The third-order valence-electron chi connectivity index (χ3n) is 2.19. The molecule has 1 N–H and O–H groups in total. The van der Waals surface area contributed by atoms with Crippen LogP contribution in [0.25, 0.3) is 0 Å². The lowest BCUT2D eigenvalue weighted by Gasteiger charge is -2.10. The van der Waals surface area contributed by atoms with Crippen LogP contribution in [0.15, 0.2) is 30.5 Å². The number of carbonyl (C=O) groups is 1. The van der Waals surface area contributed by atoms with Gasteiger partial charge in [-0.05, 0) is 26.0 Å². The Labute approximate surface area is 113 Å². The molecule has 5 heteroatoms. The highest BCUT2D eigenvalue weighted by Gasteiger charge is 2.12. The van der Waals surface area contributed by atoms with E-state index in [0.717, 1.165) is 5.57 Å². The summed E-state index contributed by atoms with van der Waals surface area (Å²) in [5, 5.41) is 3.06. The molecule has 0 saturated carbocycles. The number of hydrogen-bond acceptors (Lipinski definition) is 5. The van der Waals surface area contributed by atoms with Crippen LogP contribution in [-0.2, 0) is 9.47 Å². The monoisotopic (exact) mass is 264 g/mol. The minimum absolute atomic E-state index is 0.342. The fourth-order valence-corrected chi connectivity index (χ4v) is 1.41. The van der Waals surface area contributed by atoms with Crippen LogP contribution in [0.1, 0.15) is 24.2 Å². The summed E-state index contributed by atoms with van der Waals surface area (Å²) in [7, 11) is 0. The van der Waals surface area contributed by atoms with E-state index in [-0.39, 0.29) is 5.97 Å². The molecule has 0 aliphatic heterocycles. The van der Waals surface area contributed by atoms with E-state index in [4.69, 9.17) is 9.47 Å². The van der Waals surface area contributed by atoms with E-state index in [1.54, 1.807) is 25.3 Å². The van der Waals surface area contributed by atoms with Crippen molar-refractivity contribution in [2.75, 3.05) is 31.7 Å². The van der Waals surface area contributed by atoms with E-state index in [0.29, 0.717) is 37.7 Å². The van der Waals surface area contributed by atoms with E-state index >= 15 is 0 Å². The zero-order chi connectivity index (χ0) is 14.1. The number of rotatable bonds is 8. The third kappa shape index (κ3) is 5.52. The normalized spacial score (nSPS) is 10.0. The molecule has 0 aliphatic rings. The Morgan fingerprint density at radius 1 is 1.53 bits per heavy atom. The molecule has 0 unspecified atom stereocenters. The molecule has 19 heavy (non-hydrogen) atoms. The molecule has 1 rings (SSSR count). The van der Waals surface area contributed by atoms with E-state index < -0.39 is 0 Å². The molecule has 5 nitrogen and oxygen atoms in total. The molecule has 0 spiro atoms. The molecule has 1 aromatic rings. The molecule has 0 aromatic carbocycles. The fraction of sp³-hybridized carbons (Fsp3) is 0.429. The molecule has 0 fully saturated rings. The Balaban J connectivity index is 2.49. The van der Waals surface area contributed by atoms with Gasteiger partial charge in [0.05, 0.1) is 19.8 Å². The van der Waals surface area contributed by atoms with Crippen LogP contribution >= 0.6 is 0 Å². The van der Waals surface area contributed by atoms with Gasteiger partial charge in [-0.2, -0.15) is 0 Å². The Kier molecular flexibility index (Phi) is 6.60. The summed E-state index contributed by atoms with van der Waals surface area (Å²) in [4.78, 5) is 15.8. The lowest BCUT2D eigenvalue weighted by atomic mass is 10.2. The summed E-state index contributed by atoms with van der Waals surface area (Å²) in [6, 6.07) is 3.39. The van der Waals surface area contributed by atoms with Crippen molar-refractivity contribution in [3.63, 3.8) is 0 Å². The van der Waals surface area contributed by atoms with Gasteiger partial charge in [0.25, 0.3) is 0 Å². The minimum atomic E-state index is -0.374. The Hall–Kier alpha value is -1.88. The van der Waals surface area contributed by atoms with E-state index in [9.17, 15) is 4.79 Å². The number of hydrogen-bond donors (Lipinski definition) is 1. The molecule has 1 heterocycles. The van der Waals surface area contributed by atoms with Gasteiger partial charge in [0.15, 0.2) is 0 Å². The van der Waals surface area contributed by atoms with Gasteiger partial charge in [-0.1, -0.05) is 12.2 Å². The molecule has 0 saturated heterocycles. The van der Waals surface area contributed by atoms with Gasteiger partial charge in [0.2, 0.25) is 0 Å². The van der Waals surface area contributed by atoms with Gasteiger partial charge in [0, 0.05) is 12.7 Å². The largest absolute Gasteiger partial charge is 0.462 e. The molecule has 0 aliphatic carbocycles. The molecular formula is C14H20N2O3. The van der Waals surface area contributed by atoms with Gasteiger partial charge < -0.3 is 14.8 Å². The summed E-state index contributed by atoms with van der Waals surface area (Å²) in [5.74, 6) is 0.140. The maximum Gasteiger partial charge on any atom is 0.341 e. The first-order valence-corrected chi connectivity index (χ1v) is 6.23. The second kappa shape index (κ2) is 8.26. The standard InChI is InChI=1S/C14H20N2O3/c1-4-19-14(17)12-6-5-7-15-13(12)16-8-9-18-10-11(2)3/h5-7H,2,4,8-10H2,1,3H3,(H,15,16). The van der Waals surface area contributed by atoms with Crippen molar-refractivity contribution in [3.05, 3.63) is 36.0 Å². The number of nitrogens with zero attached hydrogens (tertiary/aromatic N) is 1. The zero-order valence-electron chi connectivity index (χ0n) is 11.4. The lowest BCUT2D eigenvalue weighted by Crippen LogP contribution is -2.15. The van der Waals surface area contributed by atoms with Crippen LogP contribution in [0.4, 0.5) is 5.82 Å². The second-order valence-electron chi connectivity index (χ2n) is 4.06. The van der Waals surface area contributed by atoms with Crippen molar-refractivity contribution in [2.45, 2.75) is 13.8 Å². The van der Waals surface area contributed by atoms with Gasteiger partial charge in [-0.3, -0.25) is 0 Å². The average Bonchev–Trinajstić information content (AvgIpc) is 2.38. The van der Waals surface area contributed by atoms with Crippen molar-refractivity contribution in [3.8, 4) is 0 Å². The zero-order valence-corrected chi connectivity index (χ0v) is 11.4. The van der Waals surface area contributed by atoms with Crippen LogP contribution in [-0.4, -0.2) is 37.3 Å². The number of carbonyl (C=O) groups excluding carboxylic acids is 1. The maximum absolute atomic E-state index is 11.7. The van der Waals surface area contributed by atoms with E-state index in [1.807, 2.05) is 6.92 Å². The highest BCUT2D eigenvalue weighted by molar-refractivity contribution is 5.94. The van der Waals surface area contributed by atoms with E-state index in [2.05, 4.69) is 16.9 Å². The molecule has 0 amide bonds. The number of pyridine rings is 1. The molecule has 0 atom stereocenters. The molecule has 0 radical (unpaired) electrons. The van der Waals surface area contributed by atoms with Crippen molar-refractivity contribution < 1.29 is 14.3 Å². The summed E-state index contributed by atoms with van der Waals surface area (Å²) in [5.41, 5.74) is 1.41. The van der Waals surface area contributed by atoms with Gasteiger partial charge >= 0.3 is 5.97 Å². The smallest absolute Gasteiger partial charge is 0.341 e. The van der Waals surface area contributed by atoms with Crippen LogP contribution in [0, 0.1) is 0 Å². The average molecular weight is 264 g/mol. The topological polar surface area (TPSA) is 60.5 Å². The predicted molar refractivity (Wildman–Crippen MR) is 74.3 cm³/mol. The number of anilines is 1. The van der Waals surface area contributed by atoms with Gasteiger partial charge in [-0.25, -0.2) is 9.78 Å². The van der Waals surface area contributed by atoms with Gasteiger partial charge in [0.1, 0.15) is 11.4 Å². The number of esters is 1. The quantitative estimate of drug-likeness (QED) is 0.443. The van der Waals surface area contributed by atoms with Gasteiger partial charge in [-0.15, -0.1) is 0 Å². The molecular weight excluding hydrogens is 244 g/mol. The second-order valence-corrected chi connectivity index (χ2v) is 4.06. The van der Waals surface area contributed by atoms with Crippen LogP contribution in [0.5, 0.6) is 0 Å². The summed E-state index contributed by atoms with van der Waals surface area (Å²) >= 11 is 0. The molecule has 104 valence electrons. The van der Waals surface area contributed by atoms with Crippen LogP contribution in [0.3, 0.4) is 0 Å². The minimum Gasteiger partial charge on any atom is -0.462 e. The van der Waals surface area contributed by atoms with E-state index in [1.165, 1.54) is 0 Å². The lowest BCUT2D eigenvalue weighted by molar-refractivity contribution is 0.0527. The summed E-state index contributed by atoms with van der Waals surface area (Å²) < 4.78 is 10.3. The van der Waals surface area contributed by atoms with Crippen molar-refractivity contribution in [1.29, 1.82) is 0 Å². The first-order chi connectivity index (χ1) is 9.15. The SMILES string of the molecule is C=C(C)COCCNc1ncccc1C(=O)OCC. The Bertz CT molecular complexity index is 432. The number of aromatic nitrogens is 1. The van der Waals surface area contributed by atoms with Crippen LogP contribution in [0.2, 0.25) is 0 Å². The predicted octanol–water partition coefficient (Wildman–Crippen LogP) is 2.26. The van der Waals surface area contributed by atoms with Crippen LogP contribution < -0.4 is 5.32 Å². The first kappa shape index (κ1) is 15.2. The van der Waals surface area contributed by atoms with Crippen molar-refractivity contribution in [2.24, 2.45) is 0 Å². The molecule has 0 bridgehead atoms. The summed E-state index contributed by atoms with van der Waals surface area (Å²) in [6.45, 7) is 9.39. The third-order valence-corrected chi connectivity index (χ3v) is 2.19. The fourth-order valence-electron chi connectivity index (χ4n) is 1.41. The Morgan fingerprint density at radius 3 is 3.00 bits per heavy atom. The highest BCUT2D eigenvalue weighted by Crippen LogP contribution is 2.12. The number of ether oxygens (including phenoxy) is 2. The van der Waals surface area contributed by atoms with Crippen molar-refractivity contribution in [1.82, 2.24) is 4.98 Å². The van der Waals surface area contributed by atoms with Crippen molar-refractivity contribution >= 4 is 11.8 Å². The highest BCUT2D eigenvalue weighted by atomic mass is 16.5. The summed E-state index contributed by atoms with van der Waals surface area (Å²) in [6.07, 6.45) is 1.62. The maximum atomic E-state index is 11.7. The first-order valence-electron chi connectivity index (χ1n) is 6.23.